The lowest BCUT2D eigenvalue weighted by Gasteiger charge is -2.42. The first-order valence-electron chi connectivity index (χ1n) is 14.8. The van der Waals surface area contributed by atoms with E-state index in [1.54, 1.807) is 0 Å². The van der Waals surface area contributed by atoms with Gasteiger partial charge in [-0.1, -0.05) is 12.1 Å². The average Bonchev–Trinajstić information content (AvgIpc) is 3.73. The lowest BCUT2D eigenvalue weighted by Crippen LogP contribution is -2.56. The first-order chi connectivity index (χ1) is 18.9. The molecule has 2 saturated heterocycles. The molecular formula is C30H40N6O3. The number of pyridine rings is 1. The lowest BCUT2D eigenvalue weighted by molar-refractivity contribution is -0.0774. The van der Waals surface area contributed by atoms with Gasteiger partial charge in [-0.05, 0) is 68.4 Å². The van der Waals surface area contributed by atoms with E-state index in [1.807, 2.05) is 17.7 Å². The molecule has 2 N–H and O–H groups in total. The third kappa shape index (κ3) is 5.17. The predicted molar refractivity (Wildman–Crippen MR) is 152 cm³/mol. The molecule has 1 aromatic carbocycles. The number of hydrogen-bond donors (Lipinski definition) is 2. The van der Waals surface area contributed by atoms with E-state index in [0.717, 1.165) is 81.5 Å². The Morgan fingerprint density at radius 2 is 1.79 bits per heavy atom. The quantitative estimate of drug-likeness (QED) is 0.448. The SMILES string of the molecule is C[C@]1(O)CC[C@H](n2c(=O)c3cc(CN4CCN(C5COC5)CC4)ccc3c3cnc(NCC4CC4)nc32)CC1. The fourth-order valence-corrected chi connectivity index (χ4v) is 6.52. The minimum atomic E-state index is -0.665. The van der Waals surface area contributed by atoms with Crippen molar-refractivity contribution in [1.82, 2.24) is 24.3 Å². The maximum Gasteiger partial charge on any atom is 0.260 e. The van der Waals surface area contributed by atoms with Crippen molar-refractivity contribution >= 4 is 27.8 Å². The van der Waals surface area contributed by atoms with Crippen molar-refractivity contribution in [3.63, 3.8) is 0 Å². The molecule has 2 aliphatic carbocycles. The van der Waals surface area contributed by atoms with Crippen LogP contribution in [0, 0.1) is 5.92 Å². The monoisotopic (exact) mass is 532 g/mol. The second-order valence-electron chi connectivity index (χ2n) is 12.5. The molecule has 9 nitrogen and oxygen atoms in total. The second-order valence-corrected chi connectivity index (χ2v) is 12.5. The predicted octanol–water partition coefficient (Wildman–Crippen LogP) is 3.15. The molecule has 2 aromatic heterocycles. The molecular weight excluding hydrogens is 492 g/mol. The van der Waals surface area contributed by atoms with Crippen LogP contribution in [0.15, 0.2) is 29.2 Å². The summed E-state index contributed by atoms with van der Waals surface area (Å²) in [6, 6.07) is 6.96. The first kappa shape index (κ1) is 25.4. The fourth-order valence-electron chi connectivity index (χ4n) is 6.52. The maximum absolute atomic E-state index is 14.2. The molecule has 4 fully saturated rings. The molecule has 0 bridgehead atoms. The molecule has 0 unspecified atom stereocenters. The van der Waals surface area contributed by atoms with E-state index in [9.17, 15) is 9.90 Å². The molecule has 9 heteroatoms. The second kappa shape index (κ2) is 10.1. The summed E-state index contributed by atoms with van der Waals surface area (Å²) in [5.74, 6) is 1.30. The van der Waals surface area contributed by atoms with Gasteiger partial charge < -0.3 is 15.2 Å². The van der Waals surface area contributed by atoms with Crippen molar-refractivity contribution < 1.29 is 9.84 Å². The summed E-state index contributed by atoms with van der Waals surface area (Å²) >= 11 is 0. The van der Waals surface area contributed by atoms with Crippen LogP contribution in [0.4, 0.5) is 5.95 Å². The molecule has 0 atom stereocenters. The Labute approximate surface area is 229 Å². The van der Waals surface area contributed by atoms with Crippen molar-refractivity contribution in [2.45, 2.75) is 69.7 Å². The lowest BCUT2D eigenvalue weighted by atomic mass is 9.83. The maximum atomic E-state index is 14.2. The third-order valence-electron chi connectivity index (χ3n) is 9.41. The van der Waals surface area contributed by atoms with Crippen LogP contribution in [0.3, 0.4) is 0 Å². The number of anilines is 1. The Kier molecular flexibility index (Phi) is 6.58. The van der Waals surface area contributed by atoms with Gasteiger partial charge in [-0.2, -0.15) is 4.98 Å². The van der Waals surface area contributed by atoms with Gasteiger partial charge in [0, 0.05) is 62.3 Å². The fraction of sp³-hybridized carbons (Fsp3) is 0.633. The number of aromatic nitrogens is 3. The van der Waals surface area contributed by atoms with Crippen LogP contribution >= 0.6 is 0 Å². The highest BCUT2D eigenvalue weighted by Gasteiger charge is 2.32. The van der Waals surface area contributed by atoms with Gasteiger partial charge in [0.15, 0.2) is 0 Å². The van der Waals surface area contributed by atoms with E-state index in [1.165, 1.54) is 18.4 Å². The summed E-state index contributed by atoms with van der Waals surface area (Å²) in [6.45, 7) is 9.55. The zero-order valence-electron chi connectivity index (χ0n) is 22.9. The van der Waals surface area contributed by atoms with Gasteiger partial charge in [0.05, 0.1) is 24.9 Å². The molecule has 0 amide bonds. The average molecular weight is 533 g/mol. The Morgan fingerprint density at radius 3 is 2.49 bits per heavy atom. The zero-order valence-corrected chi connectivity index (χ0v) is 22.9. The standard InChI is InChI=1S/C30H40N6O3/c1-30(38)8-6-22(7-9-30)36-27-26(16-32-29(33-27)31-15-20-2-3-20)24-5-4-21(14-25(24)28(36)37)17-34-10-12-35(13-11-34)23-18-39-19-23/h4-5,14,16,20,22-23,38H,2-3,6-13,15,17-19H2,1H3,(H,31,32,33)/t22-,30-. The van der Waals surface area contributed by atoms with Crippen LogP contribution < -0.4 is 10.9 Å². The number of piperazine rings is 1. The van der Waals surface area contributed by atoms with Gasteiger partial charge in [0.2, 0.25) is 5.95 Å². The third-order valence-corrected chi connectivity index (χ3v) is 9.41. The number of aliphatic hydroxyl groups is 1. The number of nitrogens with zero attached hydrogens (tertiary/aromatic N) is 5. The highest BCUT2D eigenvalue weighted by Crippen LogP contribution is 2.36. The molecule has 2 aliphatic heterocycles. The van der Waals surface area contributed by atoms with E-state index >= 15 is 0 Å². The molecule has 0 spiro atoms. The summed E-state index contributed by atoms with van der Waals surface area (Å²) < 4.78 is 7.29. The number of benzene rings is 1. The van der Waals surface area contributed by atoms with Crippen LogP contribution in [0.5, 0.6) is 0 Å². The highest BCUT2D eigenvalue weighted by molar-refractivity contribution is 6.04. The summed E-state index contributed by atoms with van der Waals surface area (Å²) in [6.07, 6.45) is 7.28. The van der Waals surface area contributed by atoms with Crippen LogP contribution in [-0.2, 0) is 11.3 Å². The topological polar surface area (TPSA) is 95.8 Å². The minimum absolute atomic E-state index is 0.0167. The van der Waals surface area contributed by atoms with Gasteiger partial charge in [-0.15, -0.1) is 0 Å². The van der Waals surface area contributed by atoms with E-state index in [2.05, 4.69) is 38.3 Å². The summed E-state index contributed by atoms with van der Waals surface area (Å²) in [5, 5.41) is 16.5. The summed E-state index contributed by atoms with van der Waals surface area (Å²) in [7, 11) is 0. The van der Waals surface area contributed by atoms with Crippen molar-refractivity contribution in [3.05, 3.63) is 40.3 Å². The number of ether oxygens (including phenoxy) is 1. The molecule has 39 heavy (non-hydrogen) atoms. The number of nitrogens with one attached hydrogen (secondary N) is 1. The van der Waals surface area contributed by atoms with Gasteiger partial charge in [0.1, 0.15) is 5.65 Å². The minimum Gasteiger partial charge on any atom is -0.390 e. The van der Waals surface area contributed by atoms with E-state index in [-0.39, 0.29) is 11.6 Å². The molecule has 7 rings (SSSR count). The summed E-state index contributed by atoms with van der Waals surface area (Å²) in [5.41, 5.74) is 1.23. The van der Waals surface area contributed by atoms with Crippen LogP contribution in [0.2, 0.25) is 0 Å². The number of hydrogen-bond acceptors (Lipinski definition) is 8. The Bertz CT molecular complexity index is 1410. The number of fused-ring (bicyclic) bond motifs is 3. The van der Waals surface area contributed by atoms with Gasteiger partial charge in [-0.25, -0.2) is 4.98 Å². The van der Waals surface area contributed by atoms with Crippen molar-refractivity contribution in [2.24, 2.45) is 5.92 Å². The van der Waals surface area contributed by atoms with Gasteiger partial charge in [-0.3, -0.25) is 19.2 Å². The zero-order chi connectivity index (χ0) is 26.6. The van der Waals surface area contributed by atoms with Gasteiger partial charge >= 0.3 is 0 Å². The Morgan fingerprint density at radius 1 is 1.03 bits per heavy atom. The van der Waals surface area contributed by atoms with Crippen LogP contribution in [0.25, 0.3) is 21.8 Å². The largest absolute Gasteiger partial charge is 0.390 e. The van der Waals surface area contributed by atoms with Crippen LogP contribution in [-0.4, -0.2) is 87.0 Å². The molecule has 4 aliphatic rings. The smallest absolute Gasteiger partial charge is 0.260 e. The van der Waals surface area contributed by atoms with E-state index < -0.39 is 5.60 Å². The highest BCUT2D eigenvalue weighted by atomic mass is 16.5. The van der Waals surface area contributed by atoms with E-state index in [0.29, 0.717) is 36.4 Å². The van der Waals surface area contributed by atoms with E-state index in [4.69, 9.17) is 9.72 Å². The van der Waals surface area contributed by atoms with Crippen molar-refractivity contribution in [3.8, 4) is 0 Å². The first-order valence-corrected chi connectivity index (χ1v) is 14.8. The molecule has 0 radical (unpaired) electrons. The van der Waals surface area contributed by atoms with Crippen molar-refractivity contribution in [1.29, 1.82) is 0 Å². The molecule has 3 aromatic rings. The normalized spacial score (nSPS) is 27.2. The van der Waals surface area contributed by atoms with Crippen molar-refractivity contribution in [2.75, 3.05) is 51.3 Å². The van der Waals surface area contributed by atoms with Gasteiger partial charge in [0.25, 0.3) is 5.56 Å². The molecule has 4 heterocycles. The van der Waals surface area contributed by atoms with Crippen LogP contribution in [0.1, 0.15) is 57.1 Å². The Balaban J connectivity index is 1.22. The molecule has 2 saturated carbocycles. The summed E-state index contributed by atoms with van der Waals surface area (Å²) in [4.78, 5) is 28.8. The number of rotatable bonds is 7. The molecule has 208 valence electrons. The Hall–Kier alpha value is -2.59.